The van der Waals surface area contributed by atoms with Crippen molar-refractivity contribution in [1.82, 2.24) is 0 Å². The van der Waals surface area contributed by atoms with E-state index in [4.69, 9.17) is 0 Å². The van der Waals surface area contributed by atoms with Gasteiger partial charge in [0.25, 0.3) is 0 Å². The van der Waals surface area contributed by atoms with Crippen molar-refractivity contribution in [3.05, 3.63) is 59.7 Å². The van der Waals surface area contributed by atoms with Gasteiger partial charge in [-0.05, 0) is 29.2 Å². The van der Waals surface area contributed by atoms with Crippen LogP contribution in [-0.2, 0) is 15.9 Å². The summed E-state index contributed by atoms with van der Waals surface area (Å²) in [6.45, 7) is 1.84. The van der Waals surface area contributed by atoms with Crippen LogP contribution in [0.4, 0.5) is 0 Å². The zero-order valence-electron chi connectivity index (χ0n) is 11.0. The van der Waals surface area contributed by atoms with E-state index in [1.165, 1.54) is 0 Å². The van der Waals surface area contributed by atoms with Crippen molar-refractivity contribution < 1.29 is 42.5 Å². The van der Waals surface area contributed by atoms with Gasteiger partial charge in [-0.15, -0.1) is 0 Å². The van der Waals surface area contributed by atoms with E-state index in [1.54, 1.807) is 12.1 Å². The van der Waals surface area contributed by atoms with Crippen LogP contribution in [0.5, 0.6) is 0 Å². The second-order valence-corrected chi connectivity index (χ2v) is 5.56. The summed E-state index contributed by atoms with van der Waals surface area (Å²) in [6, 6.07) is 15.1. The second-order valence-electron chi connectivity index (χ2n) is 4.16. The third-order valence-electron chi connectivity index (χ3n) is 2.86. The van der Waals surface area contributed by atoms with Gasteiger partial charge in [-0.1, -0.05) is 48.5 Å². The summed E-state index contributed by atoms with van der Waals surface area (Å²) >= 11 is 0. The Morgan fingerprint density at radius 1 is 1.00 bits per heavy atom. The van der Waals surface area contributed by atoms with Crippen molar-refractivity contribution in [2.24, 2.45) is 0 Å². The van der Waals surface area contributed by atoms with Gasteiger partial charge in [-0.25, -0.2) is 8.42 Å². The van der Waals surface area contributed by atoms with Gasteiger partial charge in [0.1, 0.15) is 0 Å². The van der Waals surface area contributed by atoms with Gasteiger partial charge in [0.15, 0.2) is 0 Å². The van der Waals surface area contributed by atoms with E-state index in [0.29, 0.717) is 5.56 Å². The molecular weight excluding hydrogens is 271 g/mol. The molecule has 0 amide bonds. The first kappa shape index (κ1) is 16.4. The van der Waals surface area contributed by atoms with E-state index in [0.717, 1.165) is 16.7 Å². The number of rotatable bonds is 3. The smallest absolute Gasteiger partial charge is 0.748 e. The minimum atomic E-state index is -4.25. The fourth-order valence-corrected chi connectivity index (χ4v) is 2.65. The molecule has 0 aliphatic rings. The van der Waals surface area contributed by atoms with Crippen molar-refractivity contribution in [1.29, 1.82) is 0 Å². The topological polar surface area (TPSA) is 57.2 Å². The SMILES string of the molecule is Cc1c(CS(=O)(=O)[O-])cccc1-c1ccccc1.[Na+]. The first-order chi connectivity index (χ1) is 8.47. The fourth-order valence-electron chi connectivity index (χ4n) is 1.96. The standard InChI is InChI=1S/C14H14O3S.Na/c1-11-13(10-18(15,16)17)8-5-9-14(11)12-6-3-2-4-7-12;/h2-9H,10H2,1H3,(H,15,16,17);/q;+1/p-1. The van der Waals surface area contributed by atoms with Gasteiger partial charge >= 0.3 is 29.6 Å². The summed E-state index contributed by atoms with van der Waals surface area (Å²) in [5, 5.41) is 0. The Balaban J connectivity index is 0.00000180. The van der Waals surface area contributed by atoms with E-state index in [9.17, 15) is 13.0 Å². The zero-order valence-corrected chi connectivity index (χ0v) is 13.8. The van der Waals surface area contributed by atoms with Crippen LogP contribution >= 0.6 is 0 Å². The summed E-state index contributed by atoms with van der Waals surface area (Å²) in [5.41, 5.74) is 3.37. The van der Waals surface area contributed by atoms with Crippen LogP contribution in [0.2, 0.25) is 0 Å². The predicted molar refractivity (Wildman–Crippen MR) is 70.0 cm³/mol. The van der Waals surface area contributed by atoms with Crippen molar-refractivity contribution in [3.63, 3.8) is 0 Å². The molecule has 0 unspecified atom stereocenters. The first-order valence-corrected chi connectivity index (χ1v) is 7.12. The molecule has 3 nitrogen and oxygen atoms in total. The molecule has 2 rings (SSSR count). The number of hydrogen-bond acceptors (Lipinski definition) is 3. The molecule has 0 spiro atoms. The minimum Gasteiger partial charge on any atom is -0.748 e. The van der Waals surface area contributed by atoms with E-state index in [1.807, 2.05) is 43.3 Å². The van der Waals surface area contributed by atoms with Gasteiger partial charge < -0.3 is 4.55 Å². The summed E-state index contributed by atoms with van der Waals surface area (Å²) in [7, 11) is -4.25. The third-order valence-corrected chi connectivity index (χ3v) is 3.53. The maximum atomic E-state index is 10.8. The Morgan fingerprint density at radius 2 is 1.63 bits per heavy atom. The van der Waals surface area contributed by atoms with Crippen LogP contribution in [0, 0.1) is 6.92 Å². The van der Waals surface area contributed by atoms with E-state index >= 15 is 0 Å². The molecule has 2 aromatic rings. The molecule has 5 heteroatoms. The van der Waals surface area contributed by atoms with Gasteiger partial charge in [0.05, 0.1) is 15.9 Å². The summed E-state index contributed by atoms with van der Waals surface area (Å²) < 4.78 is 32.5. The molecule has 0 radical (unpaired) electrons. The van der Waals surface area contributed by atoms with Crippen LogP contribution < -0.4 is 29.6 Å². The molecule has 0 aromatic heterocycles. The average Bonchev–Trinajstić information content (AvgIpc) is 2.31. The molecule has 0 N–H and O–H groups in total. The fraction of sp³-hybridized carbons (Fsp3) is 0.143. The summed E-state index contributed by atoms with van der Waals surface area (Å²) in [5.74, 6) is -0.459. The van der Waals surface area contributed by atoms with Crippen molar-refractivity contribution in [3.8, 4) is 11.1 Å². The van der Waals surface area contributed by atoms with Crippen molar-refractivity contribution in [2.75, 3.05) is 0 Å². The molecular formula is C14H13NaO3S. The van der Waals surface area contributed by atoms with Crippen LogP contribution in [0.3, 0.4) is 0 Å². The molecule has 0 aliphatic carbocycles. The van der Waals surface area contributed by atoms with Gasteiger partial charge in [-0.2, -0.15) is 0 Å². The Labute approximate surface area is 135 Å². The van der Waals surface area contributed by atoms with Crippen LogP contribution in [0.15, 0.2) is 48.5 Å². The van der Waals surface area contributed by atoms with Gasteiger partial charge in [0.2, 0.25) is 0 Å². The van der Waals surface area contributed by atoms with Crippen molar-refractivity contribution in [2.45, 2.75) is 12.7 Å². The van der Waals surface area contributed by atoms with Gasteiger partial charge in [0, 0.05) is 0 Å². The molecule has 0 aliphatic heterocycles. The molecule has 0 heterocycles. The Morgan fingerprint density at radius 3 is 2.21 bits per heavy atom. The largest absolute Gasteiger partial charge is 1.00 e. The van der Waals surface area contributed by atoms with Crippen molar-refractivity contribution >= 4 is 10.1 Å². The second kappa shape index (κ2) is 6.68. The molecule has 0 atom stereocenters. The van der Waals surface area contributed by atoms with Gasteiger partial charge in [-0.3, -0.25) is 0 Å². The third kappa shape index (κ3) is 4.44. The summed E-state index contributed by atoms with van der Waals surface area (Å²) in [6.07, 6.45) is 0. The molecule has 2 aromatic carbocycles. The quantitative estimate of drug-likeness (QED) is 0.575. The number of hydrogen-bond donors (Lipinski definition) is 0. The maximum absolute atomic E-state index is 10.8. The molecule has 0 saturated heterocycles. The minimum absolute atomic E-state index is 0. The Bertz CT molecular complexity index is 652. The van der Waals surface area contributed by atoms with E-state index in [-0.39, 0.29) is 29.6 Å². The van der Waals surface area contributed by atoms with Crippen LogP contribution in [0.25, 0.3) is 11.1 Å². The van der Waals surface area contributed by atoms with E-state index in [2.05, 4.69) is 0 Å². The maximum Gasteiger partial charge on any atom is 1.00 e. The average molecular weight is 284 g/mol. The van der Waals surface area contributed by atoms with Crippen LogP contribution in [-0.4, -0.2) is 13.0 Å². The Kier molecular flexibility index (Phi) is 5.77. The molecule has 19 heavy (non-hydrogen) atoms. The molecule has 94 valence electrons. The monoisotopic (exact) mass is 284 g/mol. The molecule has 0 saturated carbocycles. The normalized spacial score (nSPS) is 10.8. The van der Waals surface area contributed by atoms with Crippen LogP contribution in [0.1, 0.15) is 11.1 Å². The summed E-state index contributed by atoms with van der Waals surface area (Å²) in [4.78, 5) is 0. The molecule has 0 bridgehead atoms. The predicted octanol–water partition coefficient (Wildman–Crippen LogP) is -0.289. The Hall–Kier alpha value is -0.650. The van der Waals surface area contributed by atoms with E-state index < -0.39 is 15.9 Å². The zero-order chi connectivity index (χ0) is 13.2. The first-order valence-electron chi connectivity index (χ1n) is 5.55. The number of benzene rings is 2. The molecule has 0 fully saturated rings.